The van der Waals surface area contributed by atoms with Crippen LogP contribution in [0.3, 0.4) is 0 Å². The van der Waals surface area contributed by atoms with Crippen LogP contribution < -0.4 is 10.5 Å². The van der Waals surface area contributed by atoms with E-state index in [2.05, 4.69) is 10.6 Å². The summed E-state index contributed by atoms with van der Waals surface area (Å²) >= 11 is 0. The number of hydrogen-bond acceptors (Lipinski definition) is 3. The maximum Gasteiger partial charge on any atom is 0.121 e. The van der Waals surface area contributed by atoms with Crippen molar-refractivity contribution >= 4 is 16.7 Å². The topological polar surface area (TPSA) is 53.1 Å². The number of rotatable bonds is 4. The molecule has 21 heavy (non-hydrogen) atoms. The molecule has 1 heterocycles. The number of imidazole rings is 1. The molecule has 108 valence electrons. The lowest BCUT2D eigenvalue weighted by atomic mass is 10.1. The molecule has 0 amide bonds. The van der Waals surface area contributed by atoms with Crippen molar-refractivity contribution in [3.05, 3.63) is 53.9 Å². The van der Waals surface area contributed by atoms with Crippen LogP contribution in [0.1, 0.15) is 11.4 Å². The highest BCUT2D eigenvalue weighted by molar-refractivity contribution is 5.77. The van der Waals surface area contributed by atoms with Crippen LogP contribution in [-0.4, -0.2) is 16.7 Å². The van der Waals surface area contributed by atoms with Gasteiger partial charge in [0.05, 0.1) is 18.1 Å². The van der Waals surface area contributed by atoms with Gasteiger partial charge in [-0.2, -0.15) is 0 Å². The van der Waals surface area contributed by atoms with Crippen molar-refractivity contribution < 1.29 is 4.74 Å². The summed E-state index contributed by atoms with van der Waals surface area (Å²) in [7, 11) is 3.72. The van der Waals surface area contributed by atoms with Gasteiger partial charge in [-0.05, 0) is 30.2 Å². The van der Waals surface area contributed by atoms with Gasteiger partial charge in [0.1, 0.15) is 11.6 Å². The number of hydrogen-bond donors (Lipinski definition) is 1. The monoisotopic (exact) mass is 281 g/mol. The molecule has 0 saturated heterocycles. The normalized spacial score (nSPS) is 11.0. The molecule has 0 aliphatic rings. The zero-order chi connectivity index (χ0) is 14.8. The van der Waals surface area contributed by atoms with E-state index in [1.807, 2.05) is 43.4 Å². The number of fused-ring (bicyclic) bond motifs is 1. The average Bonchev–Trinajstić information content (AvgIpc) is 2.82. The summed E-state index contributed by atoms with van der Waals surface area (Å²) in [5.41, 5.74) is 10.1. The molecule has 0 bridgehead atoms. The fourth-order valence-electron chi connectivity index (χ4n) is 2.59. The lowest BCUT2D eigenvalue weighted by molar-refractivity contribution is 0.415. The van der Waals surface area contributed by atoms with Gasteiger partial charge < -0.3 is 15.0 Å². The van der Waals surface area contributed by atoms with Crippen LogP contribution in [0.4, 0.5) is 5.69 Å². The standard InChI is InChI=1S/C17H19N3O/c1-20-16-9-8-13(21-2)11-15(16)19-17(20)10-7-12-5-3-4-6-14(12)18/h3-6,8-9,11H,7,10,18H2,1-2H3. The molecule has 2 N–H and O–H groups in total. The molecular formula is C17H19N3O. The molecule has 4 nitrogen and oxygen atoms in total. The van der Waals surface area contributed by atoms with Crippen molar-refractivity contribution in [2.75, 3.05) is 12.8 Å². The van der Waals surface area contributed by atoms with Crippen LogP contribution in [0, 0.1) is 0 Å². The van der Waals surface area contributed by atoms with E-state index >= 15 is 0 Å². The van der Waals surface area contributed by atoms with E-state index in [1.54, 1.807) is 7.11 Å². The number of nitrogen functional groups attached to an aromatic ring is 1. The Balaban J connectivity index is 1.87. The first-order valence-electron chi connectivity index (χ1n) is 7.02. The molecule has 0 atom stereocenters. The van der Waals surface area contributed by atoms with Crippen molar-refractivity contribution in [1.82, 2.24) is 9.55 Å². The SMILES string of the molecule is COc1ccc2c(c1)nc(CCc1ccccc1N)n2C. The number of nitrogens with zero attached hydrogens (tertiary/aromatic N) is 2. The highest BCUT2D eigenvalue weighted by Gasteiger charge is 2.09. The van der Waals surface area contributed by atoms with Gasteiger partial charge in [0.2, 0.25) is 0 Å². The third-order valence-electron chi connectivity index (χ3n) is 3.85. The van der Waals surface area contributed by atoms with Crippen molar-refractivity contribution in [3.63, 3.8) is 0 Å². The lowest BCUT2D eigenvalue weighted by Gasteiger charge is -2.05. The maximum atomic E-state index is 5.99. The van der Waals surface area contributed by atoms with Crippen LogP contribution in [0.2, 0.25) is 0 Å². The number of aromatic nitrogens is 2. The molecule has 3 aromatic rings. The van der Waals surface area contributed by atoms with Crippen LogP contribution in [0.25, 0.3) is 11.0 Å². The minimum atomic E-state index is 0.833. The molecule has 0 aliphatic heterocycles. The summed E-state index contributed by atoms with van der Waals surface area (Å²) in [5, 5.41) is 0. The fraction of sp³-hybridized carbons (Fsp3) is 0.235. The lowest BCUT2D eigenvalue weighted by Crippen LogP contribution is -2.02. The van der Waals surface area contributed by atoms with Crippen molar-refractivity contribution in [3.8, 4) is 5.75 Å². The number of anilines is 1. The number of nitrogens with two attached hydrogens (primary N) is 1. The second kappa shape index (κ2) is 5.48. The summed E-state index contributed by atoms with van der Waals surface area (Å²) in [6, 6.07) is 14.0. The Morgan fingerprint density at radius 3 is 2.71 bits per heavy atom. The molecule has 0 aliphatic carbocycles. The van der Waals surface area contributed by atoms with E-state index in [-0.39, 0.29) is 0 Å². The van der Waals surface area contributed by atoms with Crippen LogP contribution >= 0.6 is 0 Å². The fourth-order valence-corrected chi connectivity index (χ4v) is 2.59. The minimum absolute atomic E-state index is 0.833. The first kappa shape index (κ1) is 13.5. The Hall–Kier alpha value is -2.49. The van der Waals surface area contributed by atoms with E-state index in [0.29, 0.717) is 0 Å². The Morgan fingerprint density at radius 1 is 1.14 bits per heavy atom. The maximum absolute atomic E-state index is 5.99. The number of methoxy groups -OCH3 is 1. The molecule has 1 aromatic heterocycles. The van der Waals surface area contributed by atoms with E-state index in [0.717, 1.165) is 41.1 Å². The van der Waals surface area contributed by atoms with Crippen molar-refractivity contribution in [1.29, 1.82) is 0 Å². The number of para-hydroxylation sites is 1. The second-order valence-corrected chi connectivity index (χ2v) is 5.14. The van der Waals surface area contributed by atoms with Gasteiger partial charge in [-0.15, -0.1) is 0 Å². The average molecular weight is 281 g/mol. The first-order valence-corrected chi connectivity index (χ1v) is 7.02. The van der Waals surface area contributed by atoms with Crippen molar-refractivity contribution in [2.45, 2.75) is 12.8 Å². The number of benzene rings is 2. The summed E-state index contributed by atoms with van der Waals surface area (Å²) in [5.74, 6) is 1.89. The van der Waals surface area contributed by atoms with Crippen LogP contribution in [0.5, 0.6) is 5.75 Å². The molecule has 0 saturated carbocycles. The Bertz CT molecular complexity index is 777. The summed E-state index contributed by atoms with van der Waals surface area (Å²) in [6.45, 7) is 0. The van der Waals surface area contributed by atoms with Gasteiger partial charge in [0.25, 0.3) is 0 Å². The van der Waals surface area contributed by atoms with E-state index in [9.17, 15) is 0 Å². The zero-order valence-electron chi connectivity index (χ0n) is 12.3. The molecule has 0 radical (unpaired) electrons. The van der Waals surface area contributed by atoms with Gasteiger partial charge in [-0.3, -0.25) is 0 Å². The molecule has 3 rings (SSSR count). The summed E-state index contributed by atoms with van der Waals surface area (Å²) in [6.07, 6.45) is 1.75. The van der Waals surface area contributed by atoms with Gasteiger partial charge in [0, 0.05) is 25.2 Å². The van der Waals surface area contributed by atoms with Crippen molar-refractivity contribution in [2.24, 2.45) is 7.05 Å². The van der Waals surface area contributed by atoms with Gasteiger partial charge >= 0.3 is 0 Å². The highest BCUT2D eigenvalue weighted by Crippen LogP contribution is 2.22. The van der Waals surface area contributed by atoms with Gasteiger partial charge in [0.15, 0.2) is 0 Å². The zero-order valence-corrected chi connectivity index (χ0v) is 12.3. The smallest absolute Gasteiger partial charge is 0.121 e. The Morgan fingerprint density at radius 2 is 1.95 bits per heavy atom. The number of aryl methyl sites for hydroxylation is 3. The molecular weight excluding hydrogens is 262 g/mol. The quantitative estimate of drug-likeness (QED) is 0.748. The Labute approximate surface area is 124 Å². The molecule has 0 spiro atoms. The second-order valence-electron chi connectivity index (χ2n) is 5.14. The largest absolute Gasteiger partial charge is 0.497 e. The van der Waals surface area contributed by atoms with Gasteiger partial charge in [-0.1, -0.05) is 18.2 Å². The third kappa shape index (κ3) is 2.57. The molecule has 0 fully saturated rings. The first-order chi connectivity index (χ1) is 10.2. The van der Waals surface area contributed by atoms with E-state index in [1.165, 1.54) is 5.56 Å². The highest BCUT2D eigenvalue weighted by atomic mass is 16.5. The van der Waals surface area contributed by atoms with E-state index in [4.69, 9.17) is 15.5 Å². The summed E-state index contributed by atoms with van der Waals surface area (Å²) in [4.78, 5) is 4.71. The molecule has 0 unspecified atom stereocenters. The molecule has 4 heteroatoms. The minimum Gasteiger partial charge on any atom is -0.497 e. The Kier molecular flexibility index (Phi) is 3.52. The predicted octanol–water partition coefficient (Wildman–Crippen LogP) is 2.95. The van der Waals surface area contributed by atoms with Crippen LogP contribution in [0.15, 0.2) is 42.5 Å². The summed E-state index contributed by atoms with van der Waals surface area (Å²) < 4.78 is 7.38. The van der Waals surface area contributed by atoms with Gasteiger partial charge in [-0.25, -0.2) is 4.98 Å². The molecule has 2 aromatic carbocycles. The predicted molar refractivity (Wildman–Crippen MR) is 85.5 cm³/mol. The number of ether oxygens (including phenoxy) is 1. The van der Waals surface area contributed by atoms with E-state index < -0.39 is 0 Å². The van der Waals surface area contributed by atoms with Crippen LogP contribution in [-0.2, 0) is 19.9 Å². The third-order valence-corrected chi connectivity index (χ3v) is 3.85.